The van der Waals surface area contributed by atoms with E-state index in [1.54, 1.807) is 7.11 Å². The summed E-state index contributed by atoms with van der Waals surface area (Å²) in [6, 6.07) is 15.8. The fourth-order valence-electron chi connectivity index (χ4n) is 4.23. The Labute approximate surface area is 193 Å². The predicted molar refractivity (Wildman–Crippen MR) is 130 cm³/mol. The molecule has 1 saturated heterocycles. The molecule has 0 saturated carbocycles. The van der Waals surface area contributed by atoms with Gasteiger partial charge in [0.1, 0.15) is 11.5 Å². The van der Waals surface area contributed by atoms with E-state index in [1.165, 1.54) is 44.1 Å². The van der Waals surface area contributed by atoms with Crippen LogP contribution in [0.4, 0.5) is 0 Å². The zero-order valence-corrected chi connectivity index (χ0v) is 19.6. The number of rotatable bonds is 12. The number of nitrogens with zero attached hydrogens (tertiary/aromatic N) is 1. The van der Waals surface area contributed by atoms with Crippen LogP contribution in [0.5, 0.6) is 11.5 Å². The Balaban J connectivity index is 1.56. The Morgan fingerprint density at radius 2 is 1.62 bits per heavy atom. The molecule has 0 bridgehead atoms. The molecule has 1 fully saturated rings. The Kier molecular flexibility index (Phi) is 9.89. The molecule has 1 heterocycles. The first-order chi connectivity index (χ1) is 15.7. The quantitative estimate of drug-likeness (QED) is 0.438. The Morgan fingerprint density at radius 1 is 0.938 bits per heavy atom. The molecule has 5 nitrogen and oxygen atoms in total. The molecule has 0 spiro atoms. The highest BCUT2D eigenvalue weighted by molar-refractivity contribution is 5.94. The van der Waals surface area contributed by atoms with Gasteiger partial charge in [0, 0.05) is 12.1 Å². The SMILES string of the molecule is CCCCCCOc1ccc(C(=O)NCC(c2ccc(OC)cc2)N2CCCCC2)cc1. The molecular formula is C27H38N2O3. The third kappa shape index (κ3) is 7.27. The maximum Gasteiger partial charge on any atom is 0.251 e. The monoisotopic (exact) mass is 438 g/mol. The fraction of sp³-hybridized carbons (Fsp3) is 0.519. The zero-order chi connectivity index (χ0) is 22.6. The largest absolute Gasteiger partial charge is 0.497 e. The number of ether oxygens (including phenoxy) is 2. The summed E-state index contributed by atoms with van der Waals surface area (Å²) >= 11 is 0. The number of benzene rings is 2. The molecular weight excluding hydrogens is 400 g/mol. The number of methoxy groups -OCH3 is 1. The van der Waals surface area contributed by atoms with Gasteiger partial charge < -0.3 is 14.8 Å². The maximum atomic E-state index is 12.8. The number of likely N-dealkylation sites (tertiary alicyclic amines) is 1. The second kappa shape index (κ2) is 13.1. The van der Waals surface area contributed by atoms with Crippen molar-refractivity contribution < 1.29 is 14.3 Å². The highest BCUT2D eigenvalue weighted by atomic mass is 16.5. The van der Waals surface area contributed by atoms with Crippen LogP contribution < -0.4 is 14.8 Å². The lowest BCUT2D eigenvalue weighted by molar-refractivity contribution is 0.0924. The predicted octanol–water partition coefficient (Wildman–Crippen LogP) is 5.61. The van der Waals surface area contributed by atoms with E-state index in [-0.39, 0.29) is 11.9 Å². The zero-order valence-electron chi connectivity index (χ0n) is 19.6. The van der Waals surface area contributed by atoms with Crippen molar-refractivity contribution in [2.75, 3.05) is 33.4 Å². The first kappa shape index (κ1) is 24.1. The number of hydrogen-bond donors (Lipinski definition) is 1. The Hall–Kier alpha value is -2.53. The third-order valence-corrected chi connectivity index (χ3v) is 6.17. The molecule has 1 unspecified atom stereocenters. The molecule has 2 aromatic carbocycles. The average Bonchev–Trinajstić information content (AvgIpc) is 2.85. The molecule has 0 radical (unpaired) electrons. The molecule has 5 heteroatoms. The van der Waals surface area contributed by atoms with Gasteiger partial charge in [-0.25, -0.2) is 0 Å². The van der Waals surface area contributed by atoms with Crippen LogP contribution in [0, 0.1) is 0 Å². The lowest BCUT2D eigenvalue weighted by Gasteiger charge is -2.35. The summed E-state index contributed by atoms with van der Waals surface area (Å²) in [5, 5.41) is 3.16. The number of piperidine rings is 1. The van der Waals surface area contributed by atoms with Crippen LogP contribution in [-0.4, -0.2) is 44.2 Å². The van der Waals surface area contributed by atoms with Crippen LogP contribution >= 0.6 is 0 Å². The molecule has 1 aliphatic rings. The molecule has 32 heavy (non-hydrogen) atoms. The van der Waals surface area contributed by atoms with E-state index in [9.17, 15) is 4.79 Å². The lowest BCUT2D eigenvalue weighted by Crippen LogP contribution is -2.40. The van der Waals surface area contributed by atoms with E-state index in [4.69, 9.17) is 9.47 Å². The standard InChI is InChI=1S/C27H38N2O3/c1-3-4-5-9-20-32-25-16-12-23(13-17-25)27(30)28-21-26(29-18-7-6-8-19-29)22-10-14-24(31-2)15-11-22/h10-17,26H,3-9,18-21H2,1-2H3,(H,28,30). The summed E-state index contributed by atoms with van der Waals surface area (Å²) in [5.41, 5.74) is 1.87. The van der Waals surface area contributed by atoms with Gasteiger partial charge in [-0.15, -0.1) is 0 Å². The fourth-order valence-corrected chi connectivity index (χ4v) is 4.23. The molecule has 2 aromatic rings. The number of amides is 1. The van der Waals surface area contributed by atoms with Crippen molar-refractivity contribution in [1.29, 1.82) is 0 Å². The van der Waals surface area contributed by atoms with Crippen LogP contribution in [0.2, 0.25) is 0 Å². The topological polar surface area (TPSA) is 50.8 Å². The summed E-state index contributed by atoms with van der Waals surface area (Å²) in [6.07, 6.45) is 8.44. The van der Waals surface area contributed by atoms with Gasteiger partial charge in [0.2, 0.25) is 0 Å². The van der Waals surface area contributed by atoms with Crippen LogP contribution in [0.3, 0.4) is 0 Å². The first-order valence-electron chi connectivity index (χ1n) is 12.1. The van der Waals surface area contributed by atoms with E-state index < -0.39 is 0 Å². The Morgan fingerprint density at radius 3 is 2.28 bits per heavy atom. The number of carbonyl (C=O) groups is 1. The van der Waals surface area contributed by atoms with Crippen molar-refractivity contribution in [3.63, 3.8) is 0 Å². The second-order valence-electron chi connectivity index (χ2n) is 8.53. The van der Waals surface area contributed by atoms with Crippen LogP contribution in [0.1, 0.15) is 73.8 Å². The number of unbranched alkanes of at least 4 members (excludes halogenated alkanes) is 3. The molecule has 1 aliphatic heterocycles. The molecule has 1 amide bonds. The van der Waals surface area contributed by atoms with E-state index in [0.717, 1.165) is 37.6 Å². The van der Waals surface area contributed by atoms with Crippen LogP contribution in [0.25, 0.3) is 0 Å². The van der Waals surface area contributed by atoms with Gasteiger partial charge >= 0.3 is 0 Å². The molecule has 3 rings (SSSR count). The van der Waals surface area contributed by atoms with Crippen molar-refractivity contribution in [3.8, 4) is 11.5 Å². The smallest absolute Gasteiger partial charge is 0.251 e. The van der Waals surface area contributed by atoms with Crippen LogP contribution in [-0.2, 0) is 0 Å². The molecule has 174 valence electrons. The minimum absolute atomic E-state index is 0.0463. The van der Waals surface area contributed by atoms with Gasteiger partial charge in [0.25, 0.3) is 5.91 Å². The van der Waals surface area contributed by atoms with Crippen molar-refractivity contribution >= 4 is 5.91 Å². The molecule has 1 N–H and O–H groups in total. The average molecular weight is 439 g/mol. The summed E-state index contributed by atoms with van der Waals surface area (Å²) in [4.78, 5) is 15.3. The number of nitrogens with one attached hydrogen (secondary N) is 1. The van der Waals surface area contributed by atoms with Gasteiger partial charge in [-0.05, 0) is 74.3 Å². The highest BCUT2D eigenvalue weighted by Gasteiger charge is 2.23. The highest BCUT2D eigenvalue weighted by Crippen LogP contribution is 2.26. The van der Waals surface area contributed by atoms with E-state index in [1.807, 2.05) is 36.4 Å². The summed E-state index contributed by atoms with van der Waals surface area (Å²) < 4.78 is 11.1. The van der Waals surface area contributed by atoms with Gasteiger partial charge in [0.05, 0.1) is 19.8 Å². The van der Waals surface area contributed by atoms with Gasteiger partial charge in [-0.1, -0.05) is 44.7 Å². The van der Waals surface area contributed by atoms with Crippen molar-refractivity contribution in [2.24, 2.45) is 0 Å². The second-order valence-corrected chi connectivity index (χ2v) is 8.53. The van der Waals surface area contributed by atoms with Crippen molar-refractivity contribution in [1.82, 2.24) is 10.2 Å². The van der Waals surface area contributed by atoms with Gasteiger partial charge in [-0.2, -0.15) is 0 Å². The first-order valence-corrected chi connectivity index (χ1v) is 12.1. The minimum Gasteiger partial charge on any atom is -0.497 e. The van der Waals surface area contributed by atoms with Gasteiger partial charge in [-0.3, -0.25) is 9.69 Å². The maximum absolute atomic E-state index is 12.8. The number of carbonyl (C=O) groups excluding carboxylic acids is 1. The molecule has 0 aliphatic carbocycles. The van der Waals surface area contributed by atoms with Crippen molar-refractivity contribution in [3.05, 3.63) is 59.7 Å². The lowest BCUT2D eigenvalue weighted by atomic mass is 10.0. The Bertz CT molecular complexity index is 799. The van der Waals surface area contributed by atoms with Crippen molar-refractivity contribution in [2.45, 2.75) is 57.9 Å². The van der Waals surface area contributed by atoms with E-state index in [2.05, 4.69) is 29.3 Å². The number of hydrogen-bond acceptors (Lipinski definition) is 4. The normalized spacial score (nSPS) is 15.2. The third-order valence-electron chi connectivity index (χ3n) is 6.17. The molecule has 0 aromatic heterocycles. The minimum atomic E-state index is -0.0463. The summed E-state index contributed by atoms with van der Waals surface area (Å²) in [5.74, 6) is 1.63. The molecule has 1 atom stereocenters. The van der Waals surface area contributed by atoms with Crippen LogP contribution in [0.15, 0.2) is 48.5 Å². The van der Waals surface area contributed by atoms with E-state index in [0.29, 0.717) is 12.1 Å². The van der Waals surface area contributed by atoms with E-state index >= 15 is 0 Å². The van der Waals surface area contributed by atoms with Gasteiger partial charge in [0.15, 0.2) is 0 Å². The summed E-state index contributed by atoms with van der Waals surface area (Å²) in [6.45, 7) is 5.65. The summed E-state index contributed by atoms with van der Waals surface area (Å²) in [7, 11) is 1.68.